The van der Waals surface area contributed by atoms with Gasteiger partial charge in [-0.1, -0.05) is 23.7 Å². The van der Waals surface area contributed by atoms with Gasteiger partial charge >= 0.3 is 0 Å². The van der Waals surface area contributed by atoms with Crippen molar-refractivity contribution in [2.24, 2.45) is 0 Å². The topological polar surface area (TPSA) is 36.3 Å². The fourth-order valence-electron chi connectivity index (χ4n) is 1.94. The van der Waals surface area contributed by atoms with E-state index in [-0.39, 0.29) is 0 Å². The zero-order valence-corrected chi connectivity index (χ0v) is 12.2. The third kappa shape index (κ3) is 3.23. The fraction of sp³-hybridized carbons (Fsp3) is 0.188. The molecule has 0 bridgehead atoms. The highest BCUT2D eigenvalue weighted by Gasteiger charge is 2.07. The van der Waals surface area contributed by atoms with Crippen molar-refractivity contribution in [3.8, 4) is 11.8 Å². The summed E-state index contributed by atoms with van der Waals surface area (Å²) in [4.78, 5) is 2.08. The lowest BCUT2D eigenvalue weighted by Crippen LogP contribution is -2.16. The van der Waals surface area contributed by atoms with E-state index >= 15 is 0 Å². The molecule has 0 radical (unpaired) electrons. The van der Waals surface area contributed by atoms with Crippen LogP contribution < -0.4 is 9.64 Å². The molecule has 0 spiro atoms. The molecule has 102 valence electrons. The van der Waals surface area contributed by atoms with Crippen LogP contribution in [0.5, 0.6) is 5.75 Å². The molecule has 0 aliphatic carbocycles. The van der Waals surface area contributed by atoms with Crippen LogP contribution in [-0.2, 0) is 6.54 Å². The van der Waals surface area contributed by atoms with Gasteiger partial charge in [0.1, 0.15) is 5.75 Å². The molecular weight excluding hydrogens is 272 g/mol. The standard InChI is InChI=1S/C16H15ClN2O/c1-19(14-4-3-5-15(9-14)20-2)11-13-7-6-12(10-18)8-16(13)17/h3-9H,11H2,1-2H3. The van der Waals surface area contributed by atoms with E-state index in [1.54, 1.807) is 19.2 Å². The summed E-state index contributed by atoms with van der Waals surface area (Å²) in [6, 6.07) is 15.3. The molecule has 2 rings (SSSR count). The highest BCUT2D eigenvalue weighted by Crippen LogP contribution is 2.24. The summed E-state index contributed by atoms with van der Waals surface area (Å²) >= 11 is 6.20. The maximum absolute atomic E-state index is 8.84. The number of nitrogens with zero attached hydrogens (tertiary/aromatic N) is 2. The van der Waals surface area contributed by atoms with Gasteiger partial charge in [0.15, 0.2) is 0 Å². The second-order valence-corrected chi connectivity index (χ2v) is 4.88. The Morgan fingerprint density at radius 3 is 2.70 bits per heavy atom. The minimum atomic E-state index is 0.572. The van der Waals surface area contributed by atoms with Crippen molar-refractivity contribution in [2.45, 2.75) is 6.54 Å². The van der Waals surface area contributed by atoms with E-state index in [1.807, 2.05) is 37.4 Å². The monoisotopic (exact) mass is 286 g/mol. The predicted octanol–water partition coefficient (Wildman–Crippen LogP) is 3.86. The molecule has 0 saturated heterocycles. The zero-order valence-electron chi connectivity index (χ0n) is 11.4. The van der Waals surface area contributed by atoms with Gasteiger partial charge in [-0.15, -0.1) is 0 Å². The summed E-state index contributed by atoms with van der Waals surface area (Å²) < 4.78 is 5.22. The summed E-state index contributed by atoms with van der Waals surface area (Å²) in [6.45, 7) is 0.664. The third-order valence-electron chi connectivity index (χ3n) is 3.08. The number of hydrogen-bond acceptors (Lipinski definition) is 3. The normalized spacial score (nSPS) is 9.90. The molecular formula is C16H15ClN2O. The number of nitriles is 1. The summed E-state index contributed by atoms with van der Waals surface area (Å²) in [5.41, 5.74) is 2.60. The number of ether oxygens (including phenoxy) is 1. The molecule has 0 N–H and O–H groups in total. The smallest absolute Gasteiger partial charge is 0.120 e. The van der Waals surface area contributed by atoms with Crippen molar-refractivity contribution < 1.29 is 4.74 Å². The van der Waals surface area contributed by atoms with E-state index in [0.29, 0.717) is 17.1 Å². The molecule has 2 aromatic carbocycles. The molecule has 0 aromatic heterocycles. The first-order valence-electron chi connectivity index (χ1n) is 6.17. The van der Waals surface area contributed by atoms with Crippen LogP contribution in [0, 0.1) is 11.3 Å². The molecule has 0 atom stereocenters. The van der Waals surface area contributed by atoms with E-state index in [1.165, 1.54) is 0 Å². The lowest BCUT2D eigenvalue weighted by atomic mass is 10.1. The van der Waals surface area contributed by atoms with Crippen LogP contribution in [-0.4, -0.2) is 14.2 Å². The second kappa shape index (κ2) is 6.31. The first kappa shape index (κ1) is 14.2. The van der Waals surface area contributed by atoms with Crippen LogP contribution in [0.1, 0.15) is 11.1 Å². The molecule has 0 fully saturated rings. The van der Waals surface area contributed by atoms with Crippen LogP contribution in [0.25, 0.3) is 0 Å². The van der Waals surface area contributed by atoms with Gasteiger partial charge in [-0.2, -0.15) is 5.26 Å². The Morgan fingerprint density at radius 2 is 2.05 bits per heavy atom. The van der Waals surface area contributed by atoms with Gasteiger partial charge in [0.25, 0.3) is 0 Å². The van der Waals surface area contributed by atoms with E-state index in [2.05, 4.69) is 11.0 Å². The maximum atomic E-state index is 8.84. The maximum Gasteiger partial charge on any atom is 0.120 e. The van der Waals surface area contributed by atoms with Gasteiger partial charge in [0.05, 0.1) is 18.7 Å². The Balaban J connectivity index is 2.19. The third-order valence-corrected chi connectivity index (χ3v) is 3.44. The Hall–Kier alpha value is -2.18. The Kier molecular flexibility index (Phi) is 4.49. The lowest BCUT2D eigenvalue weighted by Gasteiger charge is -2.20. The van der Waals surface area contributed by atoms with Crippen LogP contribution >= 0.6 is 11.6 Å². The van der Waals surface area contributed by atoms with Crippen LogP contribution in [0.15, 0.2) is 42.5 Å². The molecule has 0 saturated carbocycles. The number of anilines is 1. The Morgan fingerprint density at radius 1 is 1.25 bits per heavy atom. The molecule has 4 heteroatoms. The van der Waals surface area contributed by atoms with Gasteiger partial charge in [0, 0.05) is 30.4 Å². The number of benzene rings is 2. The Labute approximate surface area is 124 Å². The molecule has 0 amide bonds. The molecule has 20 heavy (non-hydrogen) atoms. The SMILES string of the molecule is COc1cccc(N(C)Cc2ccc(C#N)cc2Cl)c1. The summed E-state index contributed by atoms with van der Waals surface area (Å²) in [5, 5.41) is 9.45. The minimum Gasteiger partial charge on any atom is -0.497 e. The van der Waals surface area contributed by atoms with Gasteiger partial charge in [-0.05, 0) is 29.8 Å². The number of hydrogen-bond donors (Lipinski definition) is 0. The second-order valence-electron chi connectivity index (χ2n) is 4.48. The molecule has 0 aliphatic heterocycles. The van der Waals surface area contributed by atoms with Crippen molar-refractivity contribution in [1.29, 1.82) is 5.26 Å². The average molecular weight is 287 g/mol. The van der Waals surface area contributed by atoms with Crippen LogP contribution in [0.2, 0.25) is 5.02 Å². The van der Waals surface area contributed by atoms with E-state index < -0.39 is 0 Å². The van der Waals surface area contributed by atoms with Gasteiger partial charge < -0.3 is 9.64 Å². The lowest BCUT2D eigenvalue weighted by molar-refractivity contribution is 0.415. The first-order chi connectivity index (χ1) is 9.63. The van der Waals surface area contributed by atoms with E-state index in [0.717, 1.165) is 17.0 Å². The molecule has 0 heterocycles. The predicted molar refractivity (Wildman–Crippen MR) is 81.3 cm³/mol. The van der Waals surface area contributed by atoms with Crippen molar-refractivity contribution in [1.82, 2.24) is 0 Å². The highest BCUT2D eigenvalue weighted by molar-refractivity contribution is 6.31. The van der Waals surface area contributed by atoms with Crippen molar-refractivity contribution in [3.63, 3.8) is 0 Å². The number of methoxy groups -OCH3 is 1. The van der Waals surface area contributed by atoms with E-state index in [9.17, 15) is 0 Å². The van der Waals surface area contributed by atoms with Crippen molar-refractivity contribution in [2.75, 3.05) is 19.1 Å². The molecule has 0 unspecified atom stereocenters. The summed E-state index contributed by atoms with van der Waals surface area (Å²) in [5.74, 6) is 0.820. The minimum absolute atomic E-state index is 0.572. The van der Waals surface area contributed by atoms with Gasteiger partial charge in [0.2, 0.25) is 0 Å². The van der Waals surface area contributed by atoms with Crippen molar-refractivity contribution in [3.05, 3.63) is 58.6 Å². The van der Waals surface area contributed by atoms with E-state index in [4.69, 9.17) is 21.6 Å². The molecule has 3 nitrogen and oxygen atoms in total. The van der Waals surface area contributed by atoms with Crippen LogP contribution in [0.4, 0.5) is 5.69 Å². The zero-order chi connectivity index (χ0) is 14.5. The van der Waals surface area contributed by atoms with Gasteiger partial charge in [-0.25, -0.2) is 0 Å². The van der Waals surface area contributed by atoms with Gasteiger partial charge in [-0.3, -0.25) is 0 Å². The average Bonchev–Trinajstić information content (AvgIpc) is 2.49. The number of halogens is 1. The highest BCUT2D eigenvalue weighted by atomic mass is 35.5. The Bertz CT molecular complexity index is 649. The van der Waals surface area contributed by atoms with Crippen molar-refractivity contribution >= 4 is 17.3 Å². The largest absolute Gasteiger partial charge is 0.497 e. The fourth-order valence-corrected chi connectivity index (χ4v) is 2.18. The summed E-state index contributed by atoms with van der Waals surface area (Å²) in [7, 11) is 3.64. The molecule has 0 aliphatic rings. The number of rotatable bonds is 4. The summed E-state index contributed by atoms with van der Waals surface area (Å²) in [6.07, 6.45) is 0. The quantitative estimate of drug-likeness (QED) is 0.856. The molecule has 2 aromatic rings. The van der Waals surface area contributed by atoms with Crippen LogP contribution in [0.3, 0.4) is 0 Å². The first-order valence-corrected chi connectivity index (χ1v) is 6.55.